The molecule has 4 aliphatic rings. The lowest BCUT2D eigenvalue weighted by Gasteiger charge is -2.58. The van der Waals surface area contributed by atoms with Crippen molar-refractivity contribution in [3.8, 4) is 0 Å². The Morgan fingerprint density at radius 2 is 1.94 bits per heavy atom. The molecule has 0 spiro atoms. The lowest BCUT2D eigenvalue weighted by Crippen LogP contribution is -2.61. The number of aliphatic hydroxyl groups is 1. The molecular formula is C24H32N4O4S. The lowest BCUT2D eigenvalue weighted by molar-refractivity contribution is -0.136. The summed E-state index contributed by atoms with van der Waals surface area (Å²) in [4.78, 5) is 15.3. The molecule has 1 heterocycles. The zero-order valence-electron chi connectivity index (χ0n) is 19.4. The highest BCUT2D eigenvalue weighted by molar-refractivity contribution is 7.90. The van der Waals surface area contributed by atoms with Gasteiger partial charge < -0.3 is 15.3 Å². The zero-order valence-corrected chi connectivity index (χ0v) is 20.2. The van der Waals surface area contributed by atoms with Crippen LogP contribution >= 0.6 is 0 Å². The smallest absolute Gasteiger partial charge is 0.272 e. The average molecular weight is 473 g/mol. The Kier molecular flexibility index (Phi) is 5.32. The fourth-order valence-electron chi connectivity index (χ4n) is 6.60. The van der Waals surface area contributed by atoms with E-state index in [9.17, 15) is 18.3 Å². The summed E-state index contributed by atoms with van der Waals surface area (Å²) in [6.45, 7) is 0.483. The third-order valence-electron chi connectivity index (χ3n) is 7.76. The zero-order chi connectivity index (χ0) is 23.5. The normalized spacial score (nSPS) is 30.4. The summed E-state index contributed by atoms with van der Waals surface area (Å²) in [7, 11) is 0.422. The number of carbonyl (C=O) groups excluding carboxylic acids is 1. The molecular weight excluding hydrogens is 440 g/mol. The predicted octanol–water partition coefficient (Wildman–Crippen LogP) is 2.13. The van der Waals surface area contributed by atoms with Crippen molar-refractivity contribution < 1.29 is 18.3 Å². The first-order valence-corrected chi connectivity index (χ1v) is 13.5. The molecule has 2 unspecified atom stereocenters. The van der Waals surface area contributed by atoms with Crippen LogP contribution in [-0.4, -0.2) is 54.2 Å². The van der Waals surface area contributed by atoms with Crippen molar-refractivity contribution in [1.29, 1.82) is 0 Å². The number of aryl methyl sites for hydroxylation is 1. The van der Waals surface area contributed by atoms with Gasteiger partial charge in [0.05, 0.1) is 10.5 Å². The van der Waals surface area contributed by atoms with E-state index in [4.69, 9.17) is 0 Å². The van der Waals surface area contributed by atoms with Crippen LogP contribution in [0.25, 0.3) is 0 Å². The molecule has 178 valence electrons. The van der Waals surface area contributed by atoms with Crippen molar-refractivity contribution in [2.45, 2.75) is 55.2 Å². The van der Waals surface area contributed by atoms with Crippen LogP contribution in [0.5, 0.6) is 0 Å². The molecule has 4 saturated carbocycles. The molecule has 0 saturated heterocycles. The van der Waals surface area contributed by atoms with Gasteiger partial charge in [0.15, 0.2) is 15.5 Å². The predicted molar refractivity (Wildman–Crippen MR) is 125 cm³/mol. The van der Waals surface area contributed by atoms with Crippen molar-refractivity contribution in [1.82, 2.24) is 15.1 Å². The first kappa shape index (κ1) is 22.4. The van der Waals surface area contributed by atoms with Gasteiger partial charge in [-0.1, -0.05) is 12.1 Å². The second-order valence-corrected chi connectivity index (χ2v) is 12.5. The Bertz CT molecular complexity index is 1170. The fraction of sp³-hybridized carbons (Fsp3) is 0.583. The Labute approximate surface area is 194 Å². The molecule has 6 rings (SSSR count). The third-order valence-corrected chi connectivity index (χ3v) is 8.87. The molecule has 1 aromatic carbocycles. The van der Waals surface area contributed by atoms with Gasteiger partial charge in [0, 0.05) is 39.0 Å². The van der Waals surface area contributed by atoms with E-state index in [1.165, 1.54) is 6.26 Å². The number of nitrogens with zero attached hydrogens (tertiary/aromatic N) is 3. The van der Waals surface area contributed by atoms with E-state index < -0.39 is 15.4 Å². The number of anilines is 1. The number of aromatic nitrogens is 2. The van der Waals surface area contributed by atoms with Crippen LogP contribution in [-0.2, 0) is 23.4 Å². The van der Waals surface area contributed by atoms with Gasteiger partial charge in [-0.2, -0.15) is 5.10 Å². The quantitative estimate of drug-likeness (QED) is 0.668. The average Bonchev–Trinajstić information content (AvgIpc) is 3.11. The van der Waals surface area contributed by atoms with E-state index in [2.05, 4.69) is 10.4 Å². The molecule has 0 radical (unpaired) electrons. The van der Waals surface area contributed by atoms with Crippen molar-refractivity contribution in [3.05, 3.63) is 41.6 Å². The first-order valence-electron chi connectivity index (χ1n) is 11.6. The van der Waals surface area contributed by atoms with E-state index in [0.29, 0.717) is 34.9 Å². The number of benzene rings is 1. The number of amides is 1. The van der Waals surface area contributed by atoms with Crippen molar-refractivity contribution in [2.24, 2.45) is 24.8 Å². The second kappa shape index (κ2) is 7.84. The number of hydrogen-bond acceptors (Lipinski definition) is 6. The molecule has 1 amide bonds. The SMILES string of the molecule is CN(Cc1cccc(S(C)(=O)=O)c1)c1cc(C(=O)N[C@H]2C3CC4CC2C[C@](O)(C4)C3)nn1C. The lowest BCUT2D eigenvalue weighted by atomic mass is 9.52. The number of nitrogens with one attached hydrogen (secondary N) is 1. The molecule has 0 aliphatic heterocycles. The van der Waals surface area contributed by atoms with E-state index in [1.54, 1.807) is 36.0 Å². The first-order chi connectivity index (χ1) is 15.5. The van der Waals surface area contributed by atoms with Crippen LogP contribution in [0.15, 0.2) is 35.2 Å². The third kappa shape index (κ3) is 4.28. The second-order valence-electron chi connectivity index (χ2n) is 10.5. The summed E-state index contributed by atoms with van der Waals surface area (Å²) < 4.78 is 25.4. The maximum atomic E-state index is 13.1. The highest BCUT2D eigenvalue weighted by Gasteiger charge is 2.55. The van der Waals surface area contributed by atoms with Gasteiger partial charge in [-0.3, -0.25) is 9.48 Å². The Morgan fingerprint density at radius 3 is 2.58 bits per heavy atom. The number of carbonyl (C=O) groups is 1. The maximum Gasteiger partial charge on any atom is 0.272 e. The van der Waals surface area contributed by atoms with Gasteiger partial charge in [-0.05, 0) is 67.6 Å². The summed E-state index contributed by atoms with van der Waals surface area (Å²) in [5.41, 5.74) is 0.712. The van der Waals surface area contributed by atoms with Gasteiger partial charge in [-0.15, -0.1) is 0 Å². The van der Waals surface area contributed by atoms with Gasteiger partial charge in [0.2, 0.25) is 0 Å². The summed E-state index contributed by atoms with van der Waals surface area (Å²) in [5, 5.41) is 18.5. The number of hydrogen-bond donors (Lipinski definition) is 2. The number of sulfone groups is 1. The Balaban J connectivity index is 1.28. The monoisotopic (exact) mass is 472 g/mol. The van der Waals surface area contributed by atoms with Gasteiger partial charge in [-0.25, -0.2) is 8.42 Å². The molecule has 2 atom stereocenters. The summed E-state index contributed by atoms with van der Waals surface area (Å²) >= 11 is 0. The summed E-state index contributed by atoms with van der Waals surface area (Å²) in [6.07, 6.45) is 5.87. The van der Waals surface area contributed by atoms with Crippen molar-refractivity contribution in [2.75, 3.05) is 18.2 Å². The highest BCUT2D eigenvalue weighted by Crippen LogP contribution is 2.55. The van der Waals surface area contributed by atoms with Crippen molar-refractivity contribution >= 4 is 21.6 Å². The van der Waals surface area contributed by atoms with E-state index in [0.717, 1.165) is 43.5 Å². The summed E-state index contributed by atoms with van der Waals surface area (Å²) in [5.74, 6) is 1.88. The molecule has 4 fully saturated rings. The van der Waals surface area contributed by atoms with Crippen LogP contribution in [0.4, 0.5) is 5.82 Å². The van der Waals surface area contributed by atoms with Crippen LogP contribution < -0.4 is 10.2 Å². The minimum absolute atomic E-state index is 0.108. The molecule has 1 aromatic heterocycles. The Hall–Kier alpha value is -2.39. The van der Waals surface area contributed by atoms with E-state index in [1.807, 2.05) is 18.0 Å². The molecule has 4 bridgehead atoms. The minimum Gasteiger partial charge on any atom is -0.390 e. The minimum atomic E-state index is -3.27. The number of rotatable bonds is 6. The van der Waals surface area contributed by atoms with Gasteiger partial charge in [0.25, 0.3) is 5.91 Å². The molecule has 4 aliphatic carbocycles. The molecule has 2 N–H and O–H groups in total. The van der Waals surface area contributed by atoms with Gasteiger partial charge in [0.1, 0.15) is 5.82 Å². The van der Waals surface area contributed by atoms with Crippen LogP contribution in [0, 0.1) is 17.8 Å². The van der Waals surface area contributed by atoms with E-state index >= 15 is 0 Å². The maximum absolute atomic E-state index is 13.1. The van der Waals surface area contributed by atoms with Gasteiger partial charge >= 0.3 is 0 Å². The molecule has 33 heavy (non-hydrogen) atoms. The van der Waals surface area contributed by atoms with Crippen LogP contribution in [0.1, 0.15) is 48.2 Å². The Morgan fingerprint density at radius 1 is 1.24 bits per heavy atom. The van der Waals surface area contributed by atoms with E-state index in [-0.39, 0.29) is 11.9 Å². The molecule has 8 nitrogen and oxygen atoms in total. The standard InChI is InChI=1S/C24H32N4O4S/c1-27(14-15-5-4-6-19(9-15)33(3,31)32)21-10-20(26-28(21)2)23(29)25-22-17-7-16-8-18(22)13-24(30,11-16)12-17/h4-6,9-10,16-18,22,30H,7-8,11-14H2,1-3H3,(H,25,29)/t16?,17?,18?,22-,24-. The summed E-state index contributed by atoms with van der Waals surface area (Å²) in [6, 6.07) is 8.78. The molecule has 9 heteroatoms. The largest absolute Gasteiger partial charge is 0.390 e. The van der Waals surface area contributed by atoms with Crippen LogP contribution in [0.3, 0.4) is 0 Å². The highest BCUT2D eigenvalue weighted by atomic mass is 32.2. The van der Waals surface area contributed by atoms with Crippen molar-refractivity contribution in [3.63, 3.8) is 0 Å². The topological polar surface area (TPSA) is 105 Å². The molecule has 2 aromatic rings. The van der Waals surface area contributed by atoms with Crippen LogP contribution in [0.2, 0.25) is 0 Å². The fourth-order valence-corrected chi connectivity index (χ4v) is 7.29.